The zero-order chi connectivity index (χ0) is 8.97. The van der Waals surface area contributed by atoms with Gasteiger partial charge < -0.3 is 10.8 Å². The number of hydrogen-bond acceptors (Lipinski definition) is 2. The molecule has 0 aliphatic heterocycles. The van der Waals surface area contributed by atoms with E-state index in [1.165, 1.54) is 0 Å². The van der Waals surface area contributed by atoms with Crippen LogP contribution in [0, 0.1) is 0 Å². The van der Waals surface area contributed by atoms with Gasteiger partial charge in [0.05, 0.1) is 6.61 Å². The van der Waals surface area contributed by atoms with Gasteiger partial charge in [-0.15, -0.1) is 0 Å². The van der Waals surface area contributed by atoms with Crippen molar-refractivity contribution in [3.63, 3.8) is 0 Å². The summed E-state index contributed by atoms with van der Waals surface area (Å²) in [5, 5.41) is 8.72. The quantitative estimate of drug-likeness (QED) is 0.822. The fourth-order valence-corrected chi connectivity index (χ4v) is 1.25. The van der Waals surface area contributed by atoms with Crippen molar-refractivity contribution in [2.45, 2.75) is 12.5 Å². The average molecular weight is 230 g/mol. The molecule has 2 nitrogen and oxygen atoms in total. The van der Waals surface area contributed by atoms with Gasteiger partial charge in [-0.25, -0.2) is 0 Å². The molecule has 0 amide bonds. The summed E-state index contributed by atoms with van der Waals surface area (Å²) in [7, 11) is 0. The molecule has 0 aromatic heterocycles. The van der Waals surface area contributed by atoms with Gasteiger partial charge in [0, 0.05) is 10.5 Å². The van der Waals surface area contributed by atoms with E-state index in [1.807, 2.05) is 24.3 Å². The van der Waals surface area contributed by atoms with Crippen LogP contribution < -0.4 is 5.73 Å². The number of aliphatic hydroxyl groups excluding tert-OH is 1. The summed E-state index contributed by atoms with van der Waals surface area (Å²) in [6, 6.07) is 7.80. The topological polar surface area (TPSA) is 46.2 Å². The second kappa shape index (κ2) is 4.60. The van der Waals surface area contributed by atoms with E-state index in [2.05, 4.69) is 15.9 Å². The van der Waals surface area contributed by atoms with Crippen LogP contribution in [0.5, 0.6) is 0 Å². The molecular weight excluding hydrogens is 218 g/mol. The van der Waals surface area contributed by atoms with Crippen LogP contribution in [-0.2, 0) is 6.42 Å². The second-order valence-electron chi connectivity index (χ2n) is 2.77. The Bertz CT molecular complexity index is 235. The van der Waals surface area contributed by atoms with E-state index < -0.39 is 0 Å². The maximum atomic E-state index is 8.72. The predicted molar refractivity (Wildman–Crippen MR) is 52.9 cm³/mol. The van der Waals surface area contributed by atoms with Crippen molar-refractivity contribution >= 4 is 15.9 Å². The van der Waals surface area contributed by atoms with Crippen LogP contribution in [0.4, 0.5) is 0 Å². The van der Waals surface area contributed by atoms with Crippen molar-refractivity contribution in [2.24, 2.45) is 5.73 Å². The van der Waals surface area contributed by atoms with Gasteiger partial charge >= 0.3 is 0 Å². The molecule has 0 radical (unpaired) electrons. The van der Waals surface area contributed by atoms with Crippen LogP contribution in [0.1, 0.15) is 5.56 Å². The Hall–Kier alpha value is -0.380. The van der Waals surface area contributed by atoms with Gasteiger partial charge in [0.1, 0.15) is 0 Å². The minimum Gasteiger partial charge on any atom is -0.395 e. The van der Waals surface area contributed by atoms with Crippen molar-refractivity contribution in [3.05, 3.63) is 34.3 Å². The average Bonchev–Trinajstić information content (AvgIpc) is 2.09. The molecule has 0 saturated heterocycles. The van der Waals surface area contributed by atoms with E-state index in [0.717, 1.165) is 16.5 Å². The zero-order valence-corrected chi connectivity index (χ0v) is 8.29. The lowest BCUT2D eigenvalue weighted by atomic mass is 10.1. The molecule has 0 aliphatic rings. The predicted octanol–water partition coefficient (Wildman–Crippen LogP) is 1.31. The highest BCUT2D eigenvalue weighted by Crippen LogP contribution is 2.11. The molecule has 0 heterocycles. The number of nitrogens with two attached hydrogens (primary N) is 1. The lowest BCUT2D eigenvalue weighted by Crippen LogP contribution is -2.26. The summed E-state index contributed by atoms with van der Waals surface area (Å²) in [6.45, 7) is 0.0378. The Morgan fingerprint density at radius 2 is 1.92 bits per heavy atom. The van der Waals surface area contributed by atoms with Gasteiger partial charge in [0.2, 0.25) is 0 Å². The van der Waals surface area contributed by atoms with Gasteiger partial charge in [-0.1, -0.05) is 28.1 Å². The van der Waals surface area contributed by atoms with Crippen LogP contribution >= 0.6 is 15.9 Å². The third kappa shape index (κ3) is 2.93. The lowest BCUT2D eigenvalue weighted by Gasteiger charge is -2.07. The highest BCUT2D eigenvalue weighted by Gasteiger charge is 2.01. The molecule has 0 bridgehead atoms. The second-order valence-corrected chi connectivity index (χ2v) is 3.69. The smallest absolute Gasteiger partial charge is 0.0585 e. The first-order chi connectivity index (χ1) is 5.72. The molecule has 1 aromatic carbocycles. The Balaban J connectivity index is 2.58. The van der Waals surface area contributed by atoms with E-state index in [-0.39, 0.29) is 12.6 Å². The highest BCUT2D eigenvalue weighted by molar-refractivity contribution is 9.10. The fourth-order valence-electron chi connectivity index (χ4n) is 0.988. The van der Waals surface area contributed by atoms with E-state index in [0.29, 0.717) is 0 Å². The number of aliphatic hydroxyl groups is 1. The van der Waals surface area contributed by atoms with Gasteiger partial charge in [-0.2, -0.15) is 0 Å². The fraction of sp³-hybridized carbons (Fsp3) is 0.333. The molecule has 1 aromatic rings. The summed E-state index contributed by atoms with van der Waals surface area (Å²) in [6.07, 6.45) is 0.726. The Morgan fingerprint density at radius 1 is 1.33 bits per heavy atom. The van der Waals surface area contributed by atoms with Crippen LogP contribution in [0.15, 0.2) is 28.7 Å². The third-order valence-electron chi connectivity index (χ3n) is 1.65. The molecule has 3 N–H and O–H groups in total. The Morgan fingerprint density at radius 3 is 2.42 bits per heavy atom. The van der Waals surface area contributed by atoms with Gasteiger partial charge in [-0.05, 0) is 24.1 Å². The minimum atomic E-state index is -0.147. The van der Waals surface area contributed by atoms with E-state index in [9.17, 15) is 0 Å². The monoisotopic (exact) mass is 229 g/mol. The zero-order valence-electron chi connectivity index (χ0n) is 6.70. The molecule has 0 unspecified atom stereocenters. The van der Waals surface area contributed by atoms with Crippen molar-refractivity contribution in [2.75, 3.05) is 6.61 Å². The van der Waals surface area contributed by atoms with Crippen LogP contribution in [-0.4, -0.2) is 17.8 Å². The molecule has 0 fully saturated rings. The minimum absolute atomic E-state index is 0.0378. The largest absolute Gasteiger partial charge is 0.395 e. The molecular formula is C9H12BrNO. The molecule has 0 aliphatic carbocycles. The van der Waals surface area contributed by atoms with E-state index >= 15 is 0 Å². The first kappa shape index (κ1) is 9.71. The van der Waals surface area contributed by atoms with Crippen molar-refractivity contribution in [3.8, 4) is 0 Å². The van der Waals surface area contributed by atoms with Gasteiger partial charge in [0.15, 0.2) is 0 Å². The summed E-state index contributed by atoms with van der Waals surface area (Å²) in [5.41, 5.74) is 6.73. The number of hydrogen-bond donors (Lipinski definition) is 2. The summed E-state index contributed by atoms with van der Waals surface area (Å²) < 4.78 is 1.06. The summed E-state index contributed by atoms with van der Waals surface area (Å²) >= 11 is 3.35. The van der Waals surface area contributed by atoms with Gasteiger partial charge in [-0.3, -0.25) is 0 Å². The number of benzene rings is 1. The van der Waals surface area contributed by atoms with Crippen LogP contribution in [0.3, 0.4) is 0 Å². The molecule has 1 atom stereocenters. The van der Waals surface area contributed by atoms with Crippen LogP contribution in [0.2, 0.25) is 0 Å². The molecule has 0 spiro atoms. The van der Waals surface area contributed by atoms with Crippen molar-refractivity contribution in [1.29, 1.82) is 0 Å². The number of rotatable bonds is 3. The van der Waals surface area contributed by atoms with Gasteiger partial charge in [0.25, 0.3) is 0 Å². The third-order valence-corrected chi connectivity index (χ3v) is 2.17. The Kier molecular flexibility index (Phi) is 3.72. The maximum absolute atomic E-state index is 8.72. The lowest BCUT2D eigenvalue weighted by molar-refractivity contribution is 0.265. The van der Waals surface area contributed by atoms with E-state index in [4.69, 9.17) is 10.8 Å². The standard InChI is InChI=1S/C9H12BrNO/c10-8-3-1-7(2-4-8)5-9(11)6-12/h1-4,9,12H,5-6,11H2/t9-/m0/s1. The normalized spacial score (nSPS) is 12.9. The van der Waals surface area contributed by atoms with E-state index in [1.54, 1.807) is 0 Å². The molecule has 0 saturated carbocycles. The highest BCUT2D eigenvalue weighted by atomic mass is 79.9. The molecule has 1 rings (SSSR count). The SMILES string of the molecule is N[C@H](CO)Cc1ccc(Br)cc1. The van der Waals surface area contributed by atoms with Crippen molar-refractivity contribution in [1.82, 2.24) is 0 Å². The molecule has 3 heteroatoms. The van der Waals surface area contributed by atoms with Crippen molar-refractivity contribution < 1.29 is 5.11 Å². The number of halogens is 1. The summed E-state index contributed by atoms with van der Waals surface area (Å²) in [5.74, 6) is 0. The van der Waals surface area contributed by atoms with Crippen LogP contribution in [0.25, 0.3) is 0 Å². The maximum Gasteiger partial charge on any atom is 0.0585 e. The summed E-state index contributed by atoms with van der Waals surface area (Å²) in [4.78, 5) is 0. The molecule has 66 valence electrons. The first-order valence-electron chi connectivity index (χ1n) is 3.83. The Labute approximate surface area is 80.5 Å². The first-order valence-corrected chi connectivity index (χ1v) is 4.62. The molecule has 12 heavy (non-hydrogen) atoms.